The fraction of sp³-hybridized carbons (Fsp3) is 0.143. The van der Waals surface area contributed by atoms with Gasteiger partial charge in [0.2, 0.25) is 0 Å². The minimum Gasteiger partial charge on any atom is -0.491 e. The normalized spacial score (nSPS) is 9.88. The molecule has 0 atom stereocenters. The number of ether oxygens (including phenoxy) is 1. The number of hydrogen-bond donors (Lipinski definition) is 0. The van der Waals surface area contributed by atoms with Crippen LogP contribution in [0.4, 0.5) is 0 Å². The highest BCUT2D eigenvalue weighted by Crippen LogP contribution is 2.29. The second-order valence-electron chi connectivity index (χ2n) is 3.56. The number of hydrogen-bond acceptors (Lipinski definition) is 3. The van der Waals surface area contributed by atoms with E-state index in [1.807, 2.05) is 54.6 Å². The van der Waals surface area contributed by atoms with E-state index in [1.54, 1.807) is 0 Å². The lowest BCUT2D eigenvalue weighted by molar-refractivity contribution is 0.329. The third kappa shape index (κ3) is 2.91. The molecule has 0 aromatic heterocycles. The third-order valence-corrected chi connectivity index (χ3v) is 2.41. The Morgan fingerprint density at radius 1 is 0.941 bits per heavy atom. The summed E-state index contributed by atoms with van der Waals surface area (Å²) in [4.78, 5) is 10.0. The molecule has 0 aliphatic carbocycles. The highest BCUT2D eigenvalue weighted by atomic mass is 16.5. The highest BCUT2D eigenvalue weighted by Gasteiger charge is 2.04. The zero-order chi connectivity index (χ0) is 11.9. The molecule has 2 rings (SSSR count). The Morgan fingerprint density at radius 3 is 2.41 bits per heavy atom. The molecular formula is C14H13NO2. The topological polar surface area (TPSA) is 38.7 Å². The van der Waals surface area contributed by atoms with Crippen molar-refractivity contribution in [3.63, 3.8) is 0 Å². The zero-order valence-corrected chi connectivity index (χ0v) is 9.37. The smallest absolute Gasteiger partial charge is 0.127 e. The summed E-state index contributed by atoms with van der Waals surface area (Å²) in [6, 6.07) is 17.8. The van der Waals surface area contributed by atoms with Gasteiger partial charge in [0.15, 0.2) is 0 Å². The van der Waals surface area contributed by atoms with Gasteiger partial charge in [-0.2, -0.15) is 4.91 Å². The van der Waals surface area contributed by atoms with Crippen LogP contribution in [-0.2, 0) is 0 Å². The van der Waals surface area contributed by atoms with E-state index < -0.39 is 0 Å². The van der Waals surface area contributed by atoms with E-state index in [2.05, 4.69) is 5.18 Å². The SMILES string of the molecule is O=NCCOc1ccccc1-c1ccccc1. The monoisotopic (exact) mass is 227 g/mol. The molecule has 0 N–H and O–H groups in total. The van der Waals surface area contributed by atoms with Crippen molar-refractivity contribution >= 4 is 0 Å². The second-order valence-corrected chi connectivity index (χ2v) is 3.56. The number of benzene rings is 2. The van der Waals surface area contributed by atoms with Crippen LogP contribution in [0.5, 0.6) is 5.75 Å². The molecule has 2 aromatic rings. The molecule has 0 radical (unpaired) electrons. The molecule has 0 saturated carbocycles. The maximum absolute atomic E-state index is 10.0. The average Bonchev–Trinajstić information content (AvgIpc) is 2.41. The molecule has 0 spiro atoms. The highest BCUT2D eigenvalue weighted by molar-refractivity contribution is 5.70. The molecule has 3 heteroatoms. The fourth-order valence-corrected chi connectivity index (χ4v) is 1.64. The molecule has 0 amide bonds. The molecule has 0 unspecified atom stereocenters. The molecule has 86 valence electrons. The molecule has 0 aliphatic rings. The van der Waals surface area contributed by atoms with Crippen LogP contribution < -0.4 is 4.74 Å². The Labute approximate surface area is 100 Å². The van der Waals surface area contributed by atoms with Crippen LogP contribution in [0.15, 0.2) is 59.8 Å². The standard InChI is InChI=1S/C14H13NO2/c16-15-10-11-17-14-9-5-4-8-13(14)12-6-2-1-3-7-12/h1-9H,10-11H2. The summed E-state index contributed by atoms with van der Waals surface area (Å²) in [7, 11) is 0. The molecule has 0 saturated heterocycles. The Balaban J connectivity index is 2.25. The molecular weight excluding hydrogens is 214 g/mol. The molecule has 0 aliphatic heterocycles. The minimum atomic E-state index is 0.170. The van der Waals surface area contributed by atoms with Crippen LogP contribution in [0.1, 0.15) is 0 Å². The summed E-state index contributed by atoms with van der Waals surface area (Å²) in [6.07, 6.45) is 0. The predicted molar refractivity (Wildman–Crippen MR) is 68.0 cm³/mol. The quantitative estimate of drug-likeness (QED) is 0.579. The summed E-state index contributed by atoms with van der Waals surface area (Å²) in [5, 5.41) is 2.78. The summed E-state index contributed by atoms with van der Waals surface area (Å²) in [5.74, 6) is 0.780. The van der Waals surface area contributed by atoms with Gasteiger partial charge in [-0.25, -0.2) is 0 Å². The maximum atomic E-state index is 10.0. The van der Waals surface area contributed by atoms with E-state index in [-0.39, 0.29) is 6.54 Å². The second kappa shape index (κ2) is 5.80. The van der Waals surface area contributed by atoms with E-state index in [4.69, 9.17) is 4.74 Å². The zero-order valence-electron chi connectivity index (χ0n) is 9.37. The van der Waals surface area contributed by atoms with E-state index in [9.17, 15) is 4.91 Å². The Hall–Kier alpha value is -2.16. The lowest BCUT2D eigenvalue weighted by Crippen LogP contribution is -2.01. The van der Waals surface area contributed by atoms with E-state index in [1.165, 1.54) is 0 Å². The van der Waals surface area contributed by atoms with Gasteiger partial charge in [0, 0.05) is 5.56 Å². The summed E-state index contributed by atoms with van der Waals surface area (Å²) < 4.78 is 5.54. The first-order chi connectivity index (χ1) is 8.42. The van der Waals surface area contributed by atoms with Gasteiger partial charge in [-0.1, -0.05) is 53.7 Å². The van der Waals surface area contributed by atoms with Crippen LogP contribution in [0.3, 0.4) is 0 Å². The van der Waals surface area contributed by atoms with Crippen molar-refractivity contribution in [2.24, 2.45) is 5.18 Å². The van der Waals surface area contributed by atoms with E-state index in [0.717, 1.165) is 16.9 Å². The largest absolute Gasteiger partial charge is 0.491 e. The Morgan fingerprint density at radius 2 is 1.65 bits per heavy atom. The lowest BCUT2D eigenvalue weighted by atomic mass is 10.1. The van der Waals surface area contributed by atoms with Crippen molar-refractivity contribution in [2.45, 2.75) is 0 Å². The number of nitrogens with zero attached hydrogens (tertiary/aromatic N) is 1. The van der Waals surface area contributed by atoms with Gasteiger partial charge in [0.05, 0.1) is 0 Å². The molecule has 0 bridgehead atoms. The molecule has 17 heavy (non-hydrogen) atoms. The first-order valence-electron chi connectivity index (χ1n) is 5.48. The minimum absolute atomic E-state index is 0.170. The van der Waals surface area contributed by atoms with Crippen molar-refractivity contribution in [3.05, 3.63) is 59.5 Å². The maximum Gasteiger partial charge on any atom is 0.127 e. The average molecular weight is 227 g/mol. The van der Waals surface area contributed by atoms with Crippen LogP contribution in [0.2, 0.25) is 0 Å². The van der Waals surface area contributed by atoms with Gasteiger partial charge < -0.3 is 4.74 Å². The first kappa shape index (κ1) is 11.3. The van der Waals surface area contributed by atoms with Gasteiger partial charge in [-0.05, 0) is 11.6 Å². The van der Waals surface area contributed by atoms with Crippen molar-refractivity contribution in [2.75, 3.05) is 13.2 Å². The molecule has 0 heterocycles. The van der Waals surface area contributed by atoms with Crippen LogP contribution >= 0.6 is 0 Å². The van der Waals surface area contributed by atoms with Crippen LogP contribution in [0, 0.1) is 4.91 Å². The van der Waals surface area contributed by atoms with Crippen molar-refractivity contribution < 1.29 is 4.74 Å². The fourth-order valence-electron chi connectivity index (χ4n) is 1.64. The predicted octanol–water partition coefficient (Wildman–Crippen LogP) is 3.50. The van der Waals surface area contributed by atoms with Gasteiger partial charge in [-0.3, -0.25) is 0 Å². The number of nitroso groups, excluding NO2 is 1. The summed E-state index contributed by atoms with van der Waals surface area (Å²) >= 11 is 0. The number of rotatable bonds is 5. The van der Waals surface area contributed by atoms with Crippen molar-refractivity contribution in [3.8, 4) is 16.9 Å². The lowest BCUT2D eigenvalue weighted by Gasteiger charge is -2.10. The van der Waals surface area contributed by atoms with Crippen molar-refractivity contribution in [1.29, 1.82) is 0 Å². The third-order valence-electron chi connectivity index (χ3n) is 2.41. The summed E-state index contributed by atoms with van der Waals surface area (Å²) in [6.45, 7) is 0.483. The molecule has 2 aromatic carbocycles. The van der Waals surface area contributed by atoms with E-state index >= 15 is 0 Å². The summed E-state index contributed by atoms with van der Waals surface area (Å²) in [5.41, 5.74) is 2.13. The van der Waals surface area contributed by atoms with E-state index in [0.29, 0.717) is 6.61 Å². The van der Waals surface area contributed by atoms with Gasteiger partial charge >= 0.3 is 0 Å². The van der Waals surface area contributed by atoms with Gasteiger partial charge in [-0.15, -0.1) is 0 Å². The Kier molecular flexibility index (Phi) is 3.86. The van der Waals surface area contributed by atoms with Crippen LogP contribution in [-0.4, -0.2) is 13.2 Å². The molecule has 3 nitrogen and oxygen atoms in total. The number of para-hydroxylation sites is 1. The Bertz CT molecular complexity index is 483. The van der Waals surface area contributed by atoms with Crippen LogP contribution in [0.25, 0.3) is 11.1 Å². The molecule has 0 fully saturated rings. The van der Waals surface area contributed by atoms with Crippen molar-refractivity contribution in [1.82, 2.24) is 0 Å². The van der Waals surface area contributed by atoms with Gasteiger partial charge in [0.25, 0.3) is 0 Å². The van der Waals surface area contributed by atoms with Gasteiger partial charge in [0.1, 0.15) is 18.9 Å². The first-order valence-corrected chi connectivity index (χ1v) is 5.48.